The van der Waals surface area contributed by atoms with Gasteiger partial charge in [-0.3, -0.25) is 0 Å². The highest BCUT2D eigenvalue weighted by Gasteiger charge is 2.03. The molecule has 1 nitrogen and oxygen atoms in total. The van der Waals surface area contributed by atoms with Gasteiger partial charge in [0.15, 0.2) is 0 Å². The van der Waals surface area contributed by atoms with E-state index in [2.05, 4.69) is 53.5 Å². The number of aromatic nitrogens is 1. The fourth-order valence-corrected chi connectivity index (χ4v) is 2.63. The molecule has 3 aromatic rings. The lowest BCUT2D eigenvalue weighted by Crippen LogP contribution is -1.81. The highest BCUT2D eigenvalue weighted by atomic mass is 32.1. The van der Waals surface area contributed by atoms with Crippen molar-refractivity contribution in [1.29, 1.82) is 0 Å². The normalized spacial score (nSPS) is 10.9. The van der Waals surface area contributed by atoms with Crippen LogP contribution in [0.2, 0.25) is 0 Å². The Morgan fingerprint density at radius 1 is 0.842 bits per heavy atom. The minimum absolute atomic E-state index is 1.06. The third-order valence-corrected chi connectivity index (χ3v) is 3.68. The van der Waals surface area contributed by atoms with Crippen LogP contribution in [0.25, 0.3) is 22.7 Å². The second kappa shape index (κ2) is 5.63. The largest absolute Gasteiger partial charge is 0.245 e. The van der Waals surface area contributed by atoms with Gasteiger partial charge < -0.3 is 0 Å². The molecule has 0 spiro atoms. The van der Waals surface area contributed by atoms with E-state index in [0.717, 1.165) is 5.01 Å². The number of benzene rings is 2. The average molecular weight is 263 g/mol. The van der Waals surface area contributed by atoms with Gasteiger partial charge in [-0.05, 0) is 11.1 Å². The van der Waals surface area contributed by atoms with E-state index in [1.165, 1.54) is 16.7 Å². The lowest BCUT2D eigenvalue weighted by molar-refractivity contribution is 1.41. The van der Waals surface area contributed by atoms with Crippen molar-refractivity contribution in [3.05, 3.63) is 77.3 Å². The van der Waals surface area contributed by atoms with Crippen molar-refractivity contribution in [2.24, 2.45) is 0 Å². The molecule has 1 heterocycles. The summed E-state index contributed by atoms with van der Waals surface area (Å²) in [5.41, 5.74) is 3.59. The lowest BCUT2D eigenvalue weighted by Gasteiger charge is -2.02. The molecule has 0 atom stereocenters. The Labute approximate surface area is 116 Å². The lowest BCUT2D eigenvalue weighted by atomic mass is 10.1. The second-order valence-electron chi connectivity index (χ2n) is 4.17. The maximum atomic E-state index is 4.39. The third-order valence-electron chi connectivity index (χ3n) is 2.88. The number of hydrogen-bond acceptors (Lipinski definition) is 2. The molecule has 0 radical (unpaired) electrons. The molecule has 0 aliphatic rings. The minimum Gasteiger partial charge on any atom is -0.245 e. The van der Waals surface area contributed by atoms with E-state index in [0.29, 0.717) is 0 Å². The van der Waals surface area contributed by atoms with Gasteiger partial charge in [0.2, 0.25) is 0 Å². The zero-order chi connectivity index (χ0) is 12.9. The molecule has 0 aliphatic carbocycles. The van der Waals surface area contributed by atoms with E-state index in [1.807, 2.05) is 29.8 Å². The molecule has 2 heteroatoms. The molecule has 0 fully saturated rings. The van der Waals surface area contributed by atoms with Gasteiger partial charge in [0.1, 0.15) is 5.01 Å². The van der Waals surface area contributed by atoms with E-state index in [9.17, 15) is 0 Å². The Kier molecular flexibility index (Phi) is 3.52. The Bertz CT molecular complexity index is 670. The van der Waals surface area contributed by atoms with Gasteiger partial charge >= 0.3 is 0 Å². The molecule has 0 saturated carbocycles. The number of thiazole rings is 1. The van der Waals surface area contributed by atoms with Gasteiger partial charge in [0.25, 0.3) is 0 Å². The van der Waals surface area contributed by atoms with Crippen molar-refractivity contribution in [1.82, 2.24) is 4.98 Å². The second-order valence-corrected chi connectivity index (χ2v) is 5.06. The zero-order valence-corrected chi connectivity index (χ0v) is 11.2. The fraction of sp³-hybridized carbons (Fsp3) is 0. The van der Waals surface area contributed by atoms with E-state index < -0.39 is 0 Å². The maximum absolute atomic E-state index is 4.39. The van der Waals surface area contributed by atoms with Crippen molar-refractivity contribution < 1.29 is 0 Å². The van der Waals surface area contributed by atoms with Crippen molar-refractivity contribution in [2.75, 3.05) is 0 Å². The van der Waals surface area contributed by atoms with Crippen LogP contribution in [0, 0.1) is 0 Å². The number of rotatable bonds is 3. The highest BCUT2D eigenvalue weighted by Crippen LogP contribution is 2.26. The van der Waals surface area contributed by atoms with Crippen LogP contribution in [0.15, 0.2) is 66.2 Å². The van der Waals surface area contributed by atoms with Gasteiger partial charge in [-0.25, -0.2) is 4.98 Å². The summed E-state index contributed by atoms with van der Waals surface area (Å²) < 4.78 is 0. The first-order valence-corrected chi connectivity index (χ1v) is 7.03. The monoisotopic (exact) mass is 263 g/mol. The molecule has 0 N–H and O–H groups in total. The van der Waals surface area contributed by atoms with Crippen LogP contribution >= 0.6 is 11.3 Å². The summed E-state index contributed by atoms with van der Waals surface area (Å²) in [5, 5.41) is 3.07. The van der Waals surface area contributed by atoms with Crippen molar-refractivity contribution in [2.45, 2.75) is 0 Å². The predicted molar refractivity (Wildman–Crippen MR) is 82.9 cm³/mol. The third kappa shape index (κ3) is 2.80. The van der Waals surface area contributed by atoms with Crippen molar-refractivity contribution >= 4 is 23.5 Å². The van der Waals surface area contributed by atoms with Crippen LogP contribution in [-0.2, 0) is 0 Å². The smallest absolute Gasteiger partial charge is 0.123 e. The molecule has 0 bridgehead atoms. The summed E-state index contributed by atoms with van der Waals surface area (Å²) in [5.74, 6) is 0. The summed E-state index contributed by atoms with van der Waals surface area (Å²) in [6.07, 6.45) is 6.12. The molecule has 0 amide bonds. The van der Waals surface area contributed by atoms with Crippen LogP contribution in [0.3, 0.4) is 0 Å². The van der Waals surface area contributed by atoms with Crippen molar-refractivity contribution in [3.8, 4) is 10.6 Å². The average Bonchev–Trinajstić information content (AvgIpc) is 3.01. The molecule has 0 aliphatic heterocycles. The summed E-state index contributed by atoms with van der Waals surface area (Å²) in [6.45, 7) is 0. The Morgan fingerprint density at radius 3 is 2.42 bits per heavy atom. The quantitative estimate of drug-likeness (QED) is 0.607. The number of hydrogen-bond donors (Lipinski definition) is 0. The van der Waals surface area contributed by atoms with E-state index in [4.69, 9.17) is 0 Å². The number of nitrogens with zero attached hydrogens (tertiary/aromatic N) is 1. The molecule has 2 aromatic carbocycles. The van der Waals surface area contributed by atoms with Crippen molar-refractivity contribution in [3.63, 3.8) is 0 Å². The highest BCUT2D eigenvalue weighted by molar-refractivity contribution is 7.13. The van der Waals surface area contributed by atoms with Crippen LogP contribution in [0.1, 0.15) is 11.1 Å². The summed E-state index contributed by atoms with van der Waals surface area (Å²) >= 11 is 1.67. The molecular weight excluding hydrogens is 250 g/mol. The van der Waals surface area contributed by atoms with E-state index in [-0.39, 0.29) is 0 Å². The first-order valence-electron chi connectivity index (χ1n) is 6.15. The molecule has 92 valence electrons. The topological polar surface area (TPSA) is 12.9 Å². The zero-order valence-electron chi connectivity index (χ0n) is 10.4. The summed E-state index contributed by atoms with van der Waals surface area (Å²) in [7, 11) is 0. The van der Waals surface area contributed by atoms with E-state index >= 15 is 0 Å². The first-order chi connectivity index (χ1) is 9.43. The van der Waals surface area contributed by atoms with Crippen LogP contribution < -0.4 is 0 Å². The SMILES string of the molecule is C(=Cc1ccccc1-c1nccs1)c1ccccc1. The predicted octanol–water partition coefficient (Wildman–Crippen LogP) is 4.98. The van der Waals surface area contributed by atoms with Crippen LogP contribution in [0.5, 0.6) is 0 Å². The molecule has 0 saturated heterocycles. The maximum Gasteiger partial charge on any atom is 0.123 e. The Morgan fingerprint density at radius 2 is 1.63 bits per heavy atom. The molecule has 3 rings (SSSR count). The molecular formula is C17H13NS. The van der Waals surface area contributed by atoms with Gasteiger partial charge in [0.05, 0.1) is 0 Å². The Hall–Kier alpha value is -2.19. The summed E-state index contributed by atoms with van der Waals surface area (Å²) in [6, 6.07) is 18.7. The standard InChI is InChI=1S/C17H13NS/c1-2-6-14(7-3-1)10-11-15-8-4-5-9-16(15)17-18-12-13-19-17/h1-13H. The molecule has 0 unspecified atom stereocenters. The van der Waals surface area contributed by atoms with Gasteiger partial charge in [-0.2, -0.15) is 0 Å². The molecule has 1 aromatic heterocycles. The minimum atomic E-state index is 1.06. The van der Waals surface area contributed by atoms with E-state index in [1.54, 1.807) is 11.3 Å². The van der Waals surface area contributed by atoms with Gasteiger partial charge in [-0.1, -0.05) is 66.7 Å². The summed E-state index contributed by atoms with van der Waals surface area (Å²) in [4.78, 5) is 4.39. The van der Waals surface area contributed by atoms with Crippen LogP contribution in [-0.4, -0.2) is 4.98 Å². The van der Waals surface area contributed by atoms with Gasteiger partial charge in [0, 0.05) is 17.1 Å². The fourth-order valence-electron chi connectivity index (χ4n) is 1.94. The molecule has 19 heavy (non-hydrogen) atoms. The van der Waals surface area contributed by atoms with Crippen LogP contribution in [0.4, 0.5) is 0 Å². The Balaban J connectivity index is 1.96. The van der Waals surface area contributed by atoms with Gasteiger partial charge in [-0.15, -0.1) is 11.3 Å². The first kappa shape index (κ1) is 11.9.